The van der Waals surface area contributed by atoms with Gasteiger partial charge in [0.2, 0.25) is 0 Å². The number of piperazine rings is 1. The van der Waals surface area contributed by atoms with E-state index in [2.05, 4.69) is 19.5 Å². The van der Waals surface area contributed by atoms with Gasteiger partial charge in [0, 0.05) is 62.8 Å². The second kappa shape index (κ2) is 11.4. The maximum absolute atomic E-state index is 12.4. The molecule has 1 aliphatic rings. The Balaban J connectivity index is 0.00000300. The molecule has 2 aromatic rings. The van der Waals surface area contributed by atoms with Crippen molar-refractivity contribution in [3.05, 3.63) is 54.4 Å². The van der Waals surface area contributed by atoms with Crippen LogP contribution in [0.15, 0.2) is 48.8 Å². The number of hydrogen-bond acceptors (Lipinski definition) is 7. The Morgan fingerprint density at radius 3 is 2.28 bits per heavy atom. The predicted octanol–water partition coefficient (Wildman–Crippen LogP) is 2.45. The topological polar surface area (TPSA) is 72.0 Å². The molecule has 1 aromatic heterocycles. The first-order chi connectivity index (χ1) is 13.7. The largest absolute Gasteiger partial charge is 0.482 e. The summed E-state index contributed by atoms with van der Waals surface area (Å²) in [5, 5.41) is 0. The minimum absolute atomic E-state index is 0. The molecule has 3 rings (SSSR count). The summed E-state index contributed by atoms with van der Waals surface area (Å²) in [4.78, 5) is 32.2. The van der Waals surface area contributed by atoms with Gasteiger partial charge in [0.15, 0.2) is 12.4 Å². The van der Waals surface area contributed by atoms with Crippen molar-refractivity contribution in [1.29, 1.82) is 0 Å². The number of rotatable bonds is 8. The quantitative estimate of drug-likeness (QED) is 0.480. The first-order valence-electron chi connectivity index (χ1n) is 9.36. The number of pyridine rings is 1. The molecule has 7 nitrogen and oxygen atoms in total. The molecule has 1 saturated heterocycles. The van der Waals surface area contributed by atoms with Gasteiger partial charge in [-0.3, -0.25) is 14.7 Å². The molecule has 1 aliphatic heterocycles. The Labute approximate surface area is 177 Å². The number of esters is 1. The van der Waals surface area contributed by atoms with Crippen LogP contribution in [-0.4, -0.2) is 68.1 Å². The van der Waals surface area contributed by atoms with E-state index in [0.717, 1.165) is 32.7 Å². The minimum atomic E-state index is -0.441. The molecule has 0 radical (unpaired) electrons. The molecule has 156 valence electrons. The van der Waals surface area contributed by atoms with Crippen molar-refractivity contribution in [1.82, 2.24) is 9.88 Å². The van der Waals surface area contributed by atoms with E-state index >= 15 is 0 Å². The molecule has 0 bridgehead atoms. The number of halogens is 1. The highest BCUT2D eigenvalue weighted by Crippen LogP contribution is 2.16. The number of ketones is 1. The van der Waals surface area contributed by atoms with Gasteiger partial charge in [0.05, 0.1) is 7.11 Å². The second-order valence-corrected chi connectivity index (χ2v) is 6.60. The van der Waals surface area contributed by atoms with Gasteiger partial charge in [0.1, 0.15) is 5.75 Å². The fourth-order valence-corrected chi connectivity index (χ4v) is 3.13. The number of Topliss-reactive ketones (excluding diaryl/α,β-unsaturated/α-hetero) is 1. The number of anilines is 1. The number of ether oxygens (including phenoxy) is 2. The second-order valence-electron chi connectivity index (χ2n) is 6.60. The molecule has 8 heteroatoms. The van der Waals surface area contributed by atoms with Crippen LogP contribution in [-0.2, 0) is 9.53 Å². The third-order valence-corrected chi connectivity index (χ3v) is 4.82. The Hall–Kier alpha value is -2.64. The molecule has 0 atom stereocenters. The molecule has 0 aliphatic carbocycles. The van der Waals surface area contributed by atoms with Crippen LogP contribution in [0, 0.1) is 0 Å². The molecule has 0 amide bonds. The number of aromatic nitrogens is 1. The third-order valence-electron chi connectivity index (χ3n) is 4.82. The molecular formula is C21H26ClN3O4. The van der Waals surface area contributed by atoms with Crippen LogP contribution in [0.5, 0.6) is 5.75 Å². The van der Waals surface area contributed by atoms with Gasteiger partial charge >= 0.3 is 5.97 Å². The fraction of sp³-hybridized carbons (Fsp3) is 0.381. The van der Waals surface area contributed by atoms with E-state index in [-0.39, 0.29) is 24.8 Å². The Kier molecular flexibility index (Phi) is 8.89. The maximum Gasteiger partial charge on any atom is 0.343 e. The van der Waals surface area contributed by atoms with E-state index in [1.54, 1.807) is 24.3 Å². The van der Waals surface area contributed by atoms with Crippen molar-refractivity contribution in [3.8, 4) is 5.75 Å². The summed E-state index contributed by atoms with van der Waals surface area (Å²) in [6.07, 6.45) is 4.11. The molecule has 0 N–H and O–H groups in total. The SMILES string of the molecule is COC(=O)COc1ccc(C(=O)CCN2CCN(c3ccncc3)CC2)cc1.Cl. The summed E-state index contributed by atoms with van der Waals surface area (Å²) in [5.41, 5.74) is 1.85. The number of methoxy groups -OCH3 is 1. The van der Waals surface area contributed by atoms with Crippen LogP contribution >= 0.6 is 12.4 Å². The molecule has 0 unspecified atom stereocenters. The van der Waals surface area contributed by atoms with E-state index in [1.807, 2.05) is 24.5 Å². The monoisotopic (exact) mass is 419 g/mol. The molecule has 0 saturated carbocycles. The summed E-state index contributed by atoms with van der Waals surface area (Å²) in [7, 11) is 1.31. The van der Waals surface area contributed by atoms with Gasteiger partial charge in [-0.15, -0.1) is 12.4 Å². The van der Waals surface area contributed by atoms with Crippen LogP contribution in [0.1, 0.15) is 16.8 Å². The van der Waals surface area contributed by atoms with Crippen molar-refractivity contribution in [3.63, 3.8) is 0 Å². The van der Waals surface area contributed by atoms with Gasteiger partial charge in [-0.2, -0.15) is 0 Å². The lowest BCUT2D eigenvalue weighted by Crippen LogP contribution is -2.46. The Bertz CT molecular complexity index is 778. The van der Waals surface area contributed by atoms with Crippen LogP contribution in [0.3, 0.4) is 0 Å². The molecule has 0 spiro atoms. The van der Waals surface area contributed by atoms with Gasteiger partial charge in [0.25, 0.3) is 0 Å². The lowest BCUT2D eigenvalue weighted by atomic mass is 10.1. The summed E-state index contributed by atoms with van der Waals surface area (Å²) in [6, 6.07) is 10.9. The molecular weight excluding hydrogens is 394 g/mol. The average Bonchev–Trinajstić information content (AvgIpc) is 2.77. The summed E-state index contributed by atoms with van der Waals surface area (Å²) in [6.45, 7) is 4.39. The minimum Gasteiger partial charge on any atom is -0.482 e. The molecule has 29 heavy (non-hydrogen) atoms. The van der Waals surface area contributed by atoms with Gasteiger partial charge in [-0.05, 0) is 36.4 Å². The fourth-order valence-electron chi connectivity index (χ4n) is 3.13. The maximum atomic E-state index is 12.4. The molecule has 1 aromatic carbocycles. The number of carbonyl (C=O) groups is 2. The Morgan fingerprint density at radius 1 is 1.00 bits per heavy atom. The predicted molar refractivity (Wildman–Crippen MR) is 113 cm³/mol. The highest BCUT2D eigenvalue weighted by atomic mass is 35.5. The van der Waals surface area contributed by atoms with Crippen LogP contribution in [0.4, 0.5) is 5.69 Å². The van der Waals surface area contributed by atoms with E-state index < -0.39 is 5.97 Å². The summed E-state index contributed by atoms with van der Waals surface area (Å²) < 4.78 is 9.82. The Morgan fingerprint density at radius 2 is 1.66 bits per heavy atom. The van der Waals surface area contributed by atoms with E-state index in [4.69, 9.17) is 4.74 Å². The molecule has 1 fully saturated rings. The van der Waals surface area contributed by atoms with Crippen LogP contribution in [0.25, 0.3) is 0 Å². The average molecular weight is 420 g/mol. The van der Waals surface area contributed by atoms with Crippen molar-refractivity contribution < 1.29 is 19.1 Å². The third kappa shape index (κ3) is 6.73. The van der Waals surface area contributed by atoms with E-state index in [0.29, 0.717) is 17.7 Å². The first-order valence-corrected chi connectivity index (χ1v) is 9.36. The van der Waals surface area contributed by atoms with Crippen molar-refractivity contribution >= 4 is 29.8 Å². The highest BCUT2D eigenvalue weighted by Gasteiger charge is 2.18. The zero-order chi connectivity index (χ0) is 19.8. The van der Waals surface area contributed by atoms with Crippen molar-refractivity contribution in [2.75, 3.05) is 51.3 Å². The summed E-state index contributed by atoms with van der Waals surface area (Å²) >= 11 is 0. The standard InChI is InChI=1S/C21H25N3O4.ClH/c1-27-21(26)16-28-19-4-2-17(3-5-19)20(25)8-11-23-12-14-24(15-13-23)18-6-9-22-10-7-18;/h2-7,9-10H,8,11-16H2,1H3;1H. The zero-order valence-electron chi connectivity index (χ0n) is 16.5. The van der Waals surface area contributed by atoms with Gasteiger partial charge in [-0.1, -0.05) is 0 Å². The smallest absolute Gasteiger partial charge is 0.343 e. The summed E-state index contributed by atoms with van der Waals surface area (Å²) in [5.74, 6) is 0.203. The van der Waals surface area contributed by atoms with Gasteiger partial charge in [-0.25, -0.2) is 4.79 Å². The first kappa shape index (κ1) is 22.6. The van der Waals surface area contributed by atoms with Gasteiger partial charge < -0.3 is 14.4 Å². The van der Waals surface area contributed by atoms with E-state index in [1.165, 1.54) is 12.8 Å². The van der Waals surface area contributed by atoms with E-state index in [9.17, 15) is 9.59 Å². The highest BCUT2D eigenvalue weighted by molar-refractivity contribution is 5.96. The number of carbonyl (C=O) groups excluding carboxylic acids is 2. The van der Waals surface area contributed by atoms with Crippen molar-refractivity contribution in [2.45, 2.75) is 6.42 Å². The van der Waals surface area contributed by atoms with Crippen molar-refractivity contribution in [2.24, 2.45) is 0 Å². The van der Waals surface area contributed by atoms with Crippen LogP contribution in [0.2, 0.25) is 0 Å². The van der Waals surface area contributed by atoms with Crippen LogP contribution < -0.4 is 9.64 Å². The normalized spacial score (nSPS) is 14.0. The number of benzene rings is 1. The number of nitrogens with zero attached hydrogens (tertiary/aromatic N) is 3. The lowest BCUT2D eigenvalue weighted by molar-refractivity contribution is -0.142. The lowest BCUT2D eigenvalue weighted by Gasteiger charge is -2.35. The number of hydrogen-bond donors (Lipinski definition) is 0. The molecule has 2 heterocycles. The zero-order valence-corrected chi connectivity index (χ0v) is 17.3.